The third kappa shape index (κ3) is 13.6. The van der Waals surface area contributed by atoms with Crippen molar-refractivity contribution in [3.63, 3.8) is 0 Å². The van der Waals surface area contributed by atoms with Gasteiger partial charge in [0.15, 0.2) is 0 Å². The Hall–Kier alpha value is -2.64. The molecule has 0 aromatic heterocycles. The lowest BCUT2D eigenvalue weighted by Gasteiger charge is -2.22. The number of carbonyl (C=O) groups excluding carboxylic acids is 4. The maximum Gasteiger partial charge on any atom is 0.244 e. The van der Waals surface area contributed by atoms with Crippen LogP contribution in [0.25, 0.3) is 0 Å². The van der Waals surface area contributed by atoms with Crippen LogP contribution in [-0.4, -0.2) is 47.8 Å². The van der Waals surface area contributed by atoms with E-state index in [1.54, 1.807) is 0 Å². The third-order valence-electron chi connectivity index (χ3n) is 8.58. The van der Waals surface area contributed by atoms with E-state index in [1.165, 1.54) is 101 Å². The predicted octanol–water partition coefficient (Wildman–Crippen LogP) is 4.88. The Morgan fingerprint density at radius 2 is 0.500 bits per heavy atom. The highest BCUT2D eigenvalue weighted by Gasteiger charge is 2.17. The van der Waals surface area contributed by atoms with E-state index < -0.39 is 0 Å². The Morgan fingerprint density at radius 1 is 0.325 bits per heavy atom. The molecule has 4 rings (SSSR count). The average Bonchev–Trinajstić information content (AvgIpc) is 2.98. The molecular weight excluding hydrogens is 504 g/mol. The maximum absolute atomic E-state index is 11.7. The van der Waals surface area contributed by atoms with Crippen LogP contribution in [0.4, 0.5) is 0 Å². The van der Waals surface area contributed by atoms with Crippen molar-refractivity contribution in [2.24, 2.45) is 0 Å². The van der Waals surface area contributed by atoms with Crippen molar-refractivity contribution in [2.75, 3.05) is 0 Å². The van der Waals surface area contributed by atoms with Gasteiger partial charge in [0, 0.05) is 48.5 Å². The van der Waals surface area contributed by atoms with Gasteiger partial charge in [-0.05, 0) is 51.4 Å². The first-order valence-corrected chi connectivity index (χ1v) is 16.1. The fraction of sp³-hybridized carbons (Fsp3) is 0.750. The van der Waals surface area contributed by atoms with Gasteiger partial charge in [-0.2, -0.15) is 0 Å². The van der Waals surface area contributed by atoms with Gasteiger partial charge in [0.1, 0.15) is 0 Å². The largest absolute Gasteiger partial charge is 0.350 e. The molecule has 4 amide bonds. The molecule has 0 unspecified atom stereocenters. The van der Waals surface area contributed by atoms with E-state index in [-0.39, 0.29) is 23.6 Å². The summed E-state index contributed by atoms with van der Waals surface area (Å²) in [5, 5.41) is 11.9. The molecule has 4 fully saturated rings. The molecule has 0 aliphatic heterocycles. The first-order valence-electron chi connectivity index (χ1n) is 16.1. The maximum atomic E-state index is 11.7. The van der Waals surface area contributed by atoms with E-state index in [4.69, 9.17) is 0 Å². The Labute approximate surface area is 241 Å². The highest BCUT2D eigenvalue weighted by atomic mass is 16.2. The lowest BCUT2D eigenvalue weighted by molar-refractivity contribution is -0.119. The van der Waals surface area contributed by atoms with E-state index in [0.29, 0.717) is 24.2 Å². The molecule has 0 spiro atoms. The first kappa shape index (κ1) is 31.9. The van der Waals surface area contributed by atoms with Gasteiger partial charge in [-0.1, -0.05) is 77.0 Å². The molecule has 0 bridgehead atoms. The van der Waals surface area contributed by atoms with E-state index >= 15 is 0 Å². The summed E-state index contributed by atoms with van der Waals surface area (Å²) >= 11 is 0. The van der Waals surface area contributed by atoms with Crippen molar-refractivity contribution < 1.29 is 19.2 Å². The lowest BCUT2D eigenvalue weighted by Crippen LogP contribution is -2.36. The van der Waals surface area contributed by atoms with Crippen LogP contribution in [0.3, 0.4) is 0 Å². The van der Waals surface area contributed by atoms with Crippen LogP contribution in [0.2, 0.25) is 0 Å². The summed E-state index contributed by atoms with van der Waals surface area (Å²) < 4.78 is 0. The van der Waals surface area contributed by atoms with Crippen molar-refractivity contribution in [1.29, 1.82) is 0 Å². The van der Waals surface area contributed by atoms with Crippen molar-refractivity contribution in [2.45, 2.75) is 153 Å². The molecule has 40 heavy (non-hydrogen) atoms. The molecule has 0 aromatic carbocycles. The van der Waals surface area contributed by atoms with Gasteiger partial charge < -0.3 is 21.3 Å². The molecule has 4 N–H and O–H groups in total. The third-order valence-corrected chi connectivity index (χ3v) is 8.58. The molecule has 0 atom stereocenters. The summed E-state index contributed by atoms with van der Waals surface area (Å²) in [5.74, 6) is -0.572. The van der Waals surface area contributed by atoms with E-state index in [9.17, 15) is 19.2 Å². The molecule has 0 saturated heterocycles. The van der Waals surface area contributed by atoms with E-state index in [1.807, 2.05) is 0 Å². The van der Waals surface area contributed by atoms with Crippen LogP contribution < -0.4 is 21.3 Å². The Morgan fingerprint density at radius 3 is 0.675 bits per heavy atom. The van der Waals surface area contributed by atoms with Crippen LogP contribution >= 0.6 is 0 Å². The van der Waals surface area contributed by atoms with Gasteiger partial charge >= 0.3 is 0 Å². The summed E-state index contributed by atoms with van der Waals surface area (Å²) in [7, 11) is 0. The van der Waals surface area contributed by atoms with Crippen molar-refractivity contribution >= 4 is 23.6 Å². The molecule has 4 aliphatic carbocycles. The summed E-state index contributed by atoms with van der Waals surface area (Å²) in [4.78, 5) is 46.9. The summed E-state index contributed by atoms with van der Waals surface area (Å²) in [6.07, 6.45) is 28.6. The van der Waals surface area contributed by atoms with Gasteiger partial charge in [-0.25, -0.2) is 0 Å². The standard InChI is InChI=1S/2C16H26N2O2/c2*19-15(17-13-7-3-1-4-8-13)11-12-16(20)18-14-9-5-2-6-10-14/h2*11-14H,1-10H2,(H,17,19)(H,18,20)/b2*12-11-. The van der Waals surface area contributed by atoms with E-state index in [2.05, 4.69) is 21.3 Å². The van der Waals surface area contributed by atoms with Crippen molar-refractivity contribution in [1.82, 2.24) is 21.3 Å². The second kappa shape index (κ2) is 18.7. The first-order chi connectivity index (χ1) is 19.5. The molecule has 4 aliphatic rings. The highest BCUT2D eigenvalue weighted by Crippen LogP contribution is 2.19. The normalized spacial score (nSPS) is 21.8. The fourth-order valence-corrected chi connectivity index (χ4v) is 6.29. The molecule has 0 heterocycles. The molecule has 0 radical (unpaired) electrons. The number of carbonyl (C=O) groups is 4. The van der Waals surface area contributed by atoms with Gasteiger partial charge in [-0.15, -0.1) is 0 Å². The number of rotatable bonds is 8. The lowest BCUT2D eigenvalue weighted by atomic mass is 9.95. The summed E-state index contributed by atoms with van der Waals surface area (Å²) in [6, 6.07) is 1.18. The molecule has 4 saturated carbocycles. The SMILES string of the molecule is O=C(/C=C\C(=O)NC1CCCCC1)NC1CCCCC1.O=C(/C=C\C(=O)NC1CCCCC1)NC1CCCCC1. The minimum absolute atomic E-state index is 0.143. The molecular formula is C32H52N4O4. The number of amides is 4. The van der Waals surface area contributed by atoms with E-state index in [0.717, 1.165) is 51.4 Å². The Bertz CT molecular complexity index is 709. The quantitative estimate of drug-likeness (QED) is 0.319. The van der Waals surface area contributed by atoms with Gasteiger partial charge in [0.05, 0.1) is 0 Å². The zero-order chi connectivity index (χ0) is 28.4. The number of hydrogen-bond acceptors (Lipinski definition) is 4. The highest BCUT2D eigenvalue weighted by molar-refractivity contribution is 5.97. The Kier molecular flexibility index (Phi) is 14.9. The van der Waals surface area contributed by atoms with Gasteiger partial charge in [0.25, 0.3) is 0 Å². The number of nitrogens with one attached hydrogen (secondary N) is 4. The van der Waals surface area contributed by atoms with Crippen molar-refractivity contribution in [3.05, 3.63) is 24.3 Å². The van der Waals surface area contributed by atoms with Crippen LogP contribution in [0.1, 0.15) is 128 Å². The molecule has 224 valence electrons. The smallest absolute Gasteiger partial charge is 0.244 e. The minimum Gasteiger partial charge on any atom is -0.350 e. The van der Waals surface area contributed by atoms with Crippen molar-refractivity contribution in [3.8, 4) is 0 Å². The van der Waals surface area contributed by atoms with Gasteiger partial charge in [-0.3, -0.25) is 19.2 Å². The summed E-state index contributed by atoms with van der Waals surface area (Å²) in [6.45, 7) is 0. The minimum atomic E-state index is -0.143. The topological polar surface area (TPSA) is 116 Å². The van der Waals surface area contributed by atoms with Crippen LogP contribution in [0, 0.1) is 0 Å². The predicted molar refractivity (Wildman–Crippen MR) is 158 cm³/mol. The second-order valence-electron chi connectivity index (χ2n) is 12.0. The van der Waals surface area contributed by atoms with Crippen LogP contribution in [0.15, 0.2) is 24.3 Å². The monoisotopic (exact) mass is 556 g/mol. The van der Waals surface area contributed by atoms with Crippen LogP contribution in [-0.2, 0) is 19.2 Å². The van der Waals surface area contributed by atoms with Gasteiger partial charge in [0.2, 0.25) is 23.6 Å². The number of hydrogen-bond donors (Lipinski definition) is 4. The zero-order valence-electron chi connectivity index (χ0n) is 24.4. The molecule has 8 nitrogen and oxygen atoms in total. The second-order valence-corrected chi connectivity index (χ2v) is 12.0. The molecule has 0 aromatic rings. The fourth-order valence-electron chi connectivity index (χ4n) is 6.29. The zero-order valence-corrected chi connectivity index (χ0v) is 24.4. The average molecular weight is 557 g/mol. The summed E-state index contributed by atoms with van der Waals surface area (Å²) in [5.41, 5.74) is 0. The Balaban J connectivity index is 0.000000220. The molecule has 8 heteroatoms. The van der Waals surface area contributed by atoms with Crippen LogP contribution in [0.5, 0.6) is 0 Å².